The van der Waals surface area contributed by atoms with Crippen molar-refractivity contribution in [3.05, 3.63) is 0 Å². The average molecular weight is 161 g/mol. The van der Waals surface area contributed by atoms with Gasteiger partial charge in [-0.25, -0.2) is 4.79 Å². The Balaban J connectivity index is 3.54. The van der Waals surface area contributed by atoms with Crippen molar-refractivity contribution >= 4 is 5.97 Å². The van der Waals surface area contributed by atoms with E-state index in [9.17, 15) is 4.79 Å². The van der Waals surface area contributed by atoms with Gasteiger partial charge >= 0.3 is 5.97 Å². The van der Waals surface area contributed by atoms with Crippen LogP contribution in [0.15, 0.2) is 0 Å². The normalized spacial score (nSPS) is 11.3. The van der Waals surface area contributed by atoms with Crippen LogP contribution in [0.25, 0.3) is 0 Å². The first kappa shape index (κ1) is 10.4. The molecule has 0 atom stereocenters. The summed E-state index contributed by atoms with van der Waals surface area (Å²) in [5.41, 5.74) is 1.84. The van der Waals surface area contributed by atoms with Crippen LogP contribution in [0, 0.1) is 5.41 Å². The molecule has 0 rings (SSSR count). The van der Waals surface area contributed by atoms with Crippen LogP contribution in [-0.4, -0.2) is 24.2 Å². The summed E-state index contributed by atoms with van der Waals surface area (Å²) in [6, 6.07) is 0. The molecule has 0 spiro atoms. The Morgan fingerprint density at radius 3 is 2.45 bits per heavy atom. The van der Waals surface area contributed by atoms with Gasteiger partial charge in [0.2, 0.25) is 0 Å². The maximum atomic E-state index is 11.0. The van der Waals surface area contributed by atoms with Crippen LogP contribution in [0.1, 0.15) is 20.8 Å². The van der Waals surface area contributed by atoms with E-state index in [-0.39, 0.29) is 19.1 Å². The lowest BCUT2D eigenvalue weighted by Gasteiger charge is -2.15. The number of aliphatic hydroxyl groups excluding tert-OH is 1. The van der Waals surface area contributed by atoms with E-state index >= 15 is 0 Å². The van der Waals surface area contributed by atoms with Crippen molar-refractivity contribution in [2.75, 3.05) is 13.2 Å². The fourth-order valence-electron chi connectivity index (χ4n) is 0.315. The van der Waals surface area contributed by atoms with Gasteiger partial charge in [-0.1, -0.05) is 0 Å². The quantitative estimate of drug-likeness (QED) is 0.454. The zero-order chi connectivity index (χ0) is 8.91. The van der Waals surface area contributed by atoms with Gasteiger partial charge < -0.3 is 9.94 Å². The van der Waals surface area contributed by atoms with Gasteiger partial charge in [-0.2, -0.15) is 5.48 Å². The van der Waals surface area contributed by atoms with Crippen LogP contribution >= 0.6 is 0 Å². The molecule has 0 heterocycles. The molecule has 0 aromatic heterocycles. The number of rotatable bonds is 3. The lowest BCUT2D eigenvalue weighted by atomic mass is 9.98. The summed E-state index contributed by atoms with van der Waals surface area (Å²) in [4.78, 5) is 15.6. The first-order valence-electron chi connectivity index (χ1n) is 3.53. The molecular weight excluding hydrogens is 146 g/mol. The molecule has 2 N–H and O–H groups in total. The smallest absolute Gasteiger partial charge is 0.329 e. The van der Waals surface area contributed by atoms with E-state index in [0.717, 1.165) is 0 Å². The predicted octanol–water partition coefficient (Wildman–Crippen LogP) is 0.0726. The van der Waals surface area contributed by atoms with Gasteiger partial charge in [0.15, 0.2) is 0 Å². The zero-order valence-electron chi connectivity index (χ0n) is 7.18. The number of aliphatic hydroxyl groups is 1. The fourth-order valence-corrected chi connectivity index (χ4v) is 0.315. The standard InChI is InChI=1S/C7H15NO3/c1-7(2,3)6(10)11-8-4-5-9/h8-9H,4-5H2,1-3H3. The second-order valence-electron chi connectivity index (χ2n) is 3.26. The fraction of sp³-hybridized carbons (Fsp3) is 0.857. The van der Waals surface area contributed by atoms with Gasteiger partial charge in [-0.05, 0) is 20.8 Å². The van der Waals surface area contributed by atoms with E-state index in [0.29, 0.717) is 0 Å². The minimum atomic E-state index is -0.498. The molecule has 4 heteroatoms. The monoisotopic (exact) mass is 161 g/mol. The number of carbonyl (C=O) groups is 1. The summed E-state index contributed by atoms with van der Waals surface area (Å²) in [7, 11) is 0. The van der Waals surface area contributed by atoms with E-state index in [2.05, 4.69) is 10.3 Å². The Hall–Kier alpha value is -0.610. The second-order valence-corrected chi connectivity index (χ2v) is 3.26. The minimum absolute atomic E-state index is 0.0442. The molecule has 0 aromatic rings. The topological polar surface area (TPSA) is 58.6 Å². The van der Waals surface area contributed by atoms with Gasteiger partial charge in [0.25, 0.3) is 0 Å². The number of hydrogen-bond donors (Lipinski definition) is 2. The Kier molecular flexibility index (Phi) is 4.07. The maximum absolute atomic E-state index is 11.0. The third-order valence-corrected chi connectivity index (χ3v) is 0.991. The van der Waals surface area contributed by atoms with E-state index in [4.69, 9.17) is 5.11 Å². The summed E-state index contributed by atoms with van der Waals surface area (Å²) < 4.78 is 0. The first-order valence-corrected chi connectivity index (χ1v) is 3.53. The third-order valence-electron chi connectivity index (χ3n) is 0.991. The van der Waals surface area contributed by atoms with Crippen LogP contribution in [0.3, 0.4) is 0 Å². The molecule has 0 unspecified atom stereocenters. The van der Waals surface area contributed by atoms with Gasteiger partial charge in [-0.3, -0.25) is 0 Å². The van der Waals surface area contributed by atoms with Gasteiger partial charge in [0.05, 0.1) is 18.6 Å². The number of hydrogen-bond acceptors (Lipinski definition) is 4. The summed E-state index contributed by atoms with van der Waals surface area (Å²) in [5.74, 6) is -0.328. The largest absolute Gasteiger partial charge is 0.395 e. The Bertz CT molecular complexity index is 128. The van der Waals surface area contributed by atoms with Crippen molar-refractivity contribution in [1.29, 1.82) is 0 Å². The van der Waals surface area contributed by atoms with E-state index in [1.165, 1.54) is 0 Å². The number of carbonyl (C=O) groups excluding carboxylic acids is 1. The number of hydroxylamine groups is 1. The van der Waals surface area contributed by atoms with Crippen molar-refractivity contribution in [3.8, 4) is 0 Å². The highest BCUT2D eigenvalue weighted by Crippen LogP contribution is 2.13. The molecule has 0 aromatic carbocycles. The number of nitrogens with one attached hydrogen (secondary N) is 1. The molecule has 0 aliphatic heterocycles. The highest BCUT2D eigenvalue weighted by atomic mass is 16.7. The summed E-state index contributed by atoms with van der Waals surface area (Å²) >= 11 is 0. The molecule has 0 saturated heterocycles. The van der Waals surface area contributed by atoms with E-state index < -0.39 is 5.41 Å². The predicted molar refractivity (Wildman–Crippen MR) is 40.6 cm³/mol. The van der Waals surface area contributed by atoms with Gasteiger partial charge in [0.1, 0.15) is 0 Å². The van der Waals surface area contributed by atoms with Crippen LogP contribution in [0.4, 0.5) is 0 Å². The third kappa shape index (κ3) is 4.75. The van der Waals surface area contributed by atoms with Crippen molar-refractivity contribution in [3.63, 3.8) is 0 Å². The molecule has 0 fully saturated rings. The van der Waals surface area contributed by atoms with E-state index in [1.54, 1.807) is 20.8 Å². The lowest BCUT2D eigenvalue weighted by molar-refractivity contribution is -0.161. The van der Waals surface area contributed by atoms with Crippen LogP contribution in [-0.2, 0) is 9.63 Å². The highest BCUT2D eigenvalue weighted by Gasteiger charge is 2.22. The Labute approximate surface area is 66.5 Å². The Morgan fingerprint density at radius 2 is 2.09 bits per heavy atom. The summed E-state index contributed by atoms with van der Waals surface area (Å²) in [5, 5.41) is 8.33. The van der Waals surface area contributed by atoms with Gasteiger partial charge in [0, 0.05) is 0 Å². The van der Waals surface area contributed by atoms with Crippen LogP contribution < -0.4 is 5.48 Å². The summed E-state index contributed by atoms with van der Waals surface area (Å²) in [6.07, 6.45) is 0. The molecule has 0 aliphatic carbocycles. The average Bonchev–Trinajstić information content (AvgIpc) is 1.86. The summed E-state index contributed by atoms with van der Waals surface area (Å²) in [6.45, 7) is 5.50. The molecule has 4 nitrogen and oxygen atoms in total. The van der Waals surface area contributed by atoms with Crippen molar-refractivity contribution < 1.29 is 14.7 Å². The van der Waals surface area contributed by atoms with Crippen molar-refractivity contribution in [1.82, 2.24) is 5.48 Å². The second kappa shape index (κ2) is 4.31. The molecular formula is C7H15NO3. The van der Waals surface area contributed by atoms with Crippen molar-refractivity contribution in [2.45, 2.75) is 20.8 Å². The van der Waals surface area contributed by atoms with Crippen molar-refractivity contribution in [2.24, 2.45) is 5.41 Å². The lowest BCUT2D eigenvalue weighted by Crippen LogP contribution is -2.30. The molecule has 0 bridgehead atoms. The SMILES string of the molecule is CC(C)(C)C(=O)ONCCO. The van der Waals surface area contributed by atoms with E-state index in [1.807, 2.05) is 0 Å². The molecule has 0 radical (unpaired) electrons. The molecule has 0 amide bonds. The Morgan fingerprint density at radius 1 is 1.55 bits per heavy atom. The first-order chi connectivity index (χ1) is 4.98. The molecule has 0 saturated carbocycles. The minimum Gasteiger partial charge on any atom is -0.395 e. The van der Waals surface area contributed by atoms with Crippen LogP contribution in [0.2, 0.25) is 0 Å². The zero-order valence-corrected chi connectivity index (χ0v) is 7.18. The maximum Gasteiger partial charge on any atom is 0.329 e. The molecule has 11 heavy (non-hydrogen) atoms. The molecule has 66 valence electrons. The van der Waals surface area contributed by atoms with Gasteiger partial charge in [-0.15, -0.1) is 0 Å². The molecule has 0 aliphatic rings. The highest BCUT2D eigenvalue weighted by molar-refractivity contribution is 5.75. The van der Waals surface area contributed by atoms with Crippen LogP contribution in [0.5, 0.6) is 0 Å².